The number of hydrogen-bond donors (Lipinski definition) is 2. The van der Waals surface area contributed by atoms with E-state index in [2.05, 4.69) is 15.7 Å². The van der Waals surface area contributed by atoms with Crippen LogP contribution in [0.5, 0.6) is 0 Å². The van der Waals surface area contributed by atoms with Gasteiger partial charge in [0, 0.05) is 18.3 Å². The van der Waals surface area contributed by atoms with Crippen LogP contribution in [0.2, 0.25) is 0 Å². The van der Waals surface area contributed by atoms with Crippen molar-refractivity contribution in [1.82, 2.24) is 9.78 Å². The van der Waals surface area contributed by atoms with E-state index in [1.807, 2.05) is 0 Å². The van der Waals surface area contributed by atoms with Gasteiger partial charge in [0.15, 0.2) is 0 Å². The summed E-state index contributed by atoms with van der Waals surface area (Å²) >= 11 is 0. The molecule has 9 heteroatoms. The van der Waals surface area contributed by atoms with E-state index >= 15 is 0 Å². The number of carbonyl (C=O) groups is 2. The number of nitrogens with zero attached hydrogens (tertiary/aromatic N) is 3. The topological polar surface area (TPSA) is 119 Å². The van der Waals surface area contributed by atoms with Gasteiger partial charge in [-0.05, 0) is 38.1 Å². The smallest absolute Gasteiger partial charge is 0.309 e. The van der Waals surface area contributed by atoms with Crippen molar-refractivity contribution >= 4 is 28.9 Å². The molecule has 2 rings (SSSR count). The Morgan fingerprint density at radius 3 is 2.21 bits per heavy atom. The fourth-order valence-electron chi connectivity index (χ4n) is 2.06. The second kappa shape index (κ2) is 6.90. The lowest BCUT2D eigenvalue weighted by Crippen LogP contribution is -2.24. The highest BCUT2D eigenvalue weighted by molar-refractivity contribution is 5.94. The molecule has 1 aromatic heterocycles. The molecule has 126 valence electrons. The third-order valence-corrected chi connectivity index (χ3v) is 3.34. The SMILES string of the molecule is CC(=O)Nc1ccc(NC(=O)C(C)n2cc([N+](=O)[O-])c(C)n2)cc1. The fourth-order valence-corrected chi connectivity index (χ4v) is 2.06. The molecule has 0 aliphatic carbocycles. The van der Waals surface area contributed by atoms with E-state index in [-0.39, 0.29) is 23.2 Å². The van der Waals surface area contributed by atoms with Gasteiger partial charge in [-0.2, -0.15) is 5.10 Å². The number of benzene rings is 1. The lowest BCUT2D eigenvalue weighted by atomic mass is 10.2. The molecule has 0 aliphatic rings. The monoisotopic (exact) mass is 331 g/mol. The van der Waals surface area contributed by atoms with Crippen LogP contribution in [0, 0.1) is 17.0 Å². The highest BCUT2D eigenvalue weighted by atomic mass is 16.6. The molecule has 1 atom stereocenters. The van der Waals surface area contributed by atoms with Gasteiger partial charge in [0.25, 0.3) is 0 Å². The van der Waals surface area contributed by atoms with Crippen LogP contribution in [0.4, 0.5) is 17.1 Å². The molecule has 0 fully saturated rings. The van der Waals surface area contributed by atoms with Gasteiger partial charge < -0.3 is 10.6 Å². The molecule has 1 aromatic carbocycles. The van der Waals surface area contributed by atoms with Gasteiger partial charge in [-0.25, -0.2) is 0 Å². The van der Waals surface area contributed by atoms with Crippen molar-refractivity contribution in [2.75, 3.05) is 10.6 Å². The molecule has 0 spiro atoms. The molecule has 0 aliphatic heterocycles. The van der Waals surface area contributed by atoms with Gasteiger partial charge >= 0.3 is 5.69 Å². The maximum absolute atomic E-state index is 12.3. The van der Waals surface area contributed by atoms with Gasteiger partial charge in [-0.3, -0.25) is 24.4 Å². The van der Waals surface area contributed by atoms with Gasteiger partial charge in [0.1, 0.15) is 17.9 Å². The molecule has 0 saturated carbocycles. The van der Waals surface area contributed by atoms with Crippen molar-refractivity contribution in [3.8, 4) is 0 Å². The minimum Gasteiger partial charge on any atom is -0.326 e. The van der Waals surface area contributed by atoms with Crippen LogP contribution >= 0.6 is 0 Å². The molecule has 9 nitrogen and oxygen atoms in total. The van der Waals surface area contributed by atoms with Crippen molar-refractivity contribution in [2.45, 2.75) is 26.8 Å². The Hall–Kier alpha value is -3.23. The first-order valence-electron chi connectivity index (χ1n) is 7.16. The Labute approximate surface area is 137 Å². The maximum atomic E-state index is 12.3. The average molecular weight is 331 g/mol. The first-order valence-corrected chi connectivity index (χ1v) is 7.16. The number of rotatable bonds is 5. The summed E-state index contributed by atoms with van der Waals surface area (Å²) < 4.78 is 1.26. The molecular formula is C15H17N5O4. The third-order valence-electron chi connectivity index (χ3n) is 3.34. The Bertz CT molecular complexity index is 782. The summed E-state index contributed by atoms with van der Waals surface area (Å²) in [5, 5.41) is 20.2. The highest BCUT2D eigenvalue weighted by Crippen LogP contribution is 2.20. The molecule has 24 heavy (non-hydrogen) atoms. The Balaban J connectivity index is 2.07. The summed E-state index contributed by atoms with van der Waals surface area (Å²) in [7, 11) is 0. The van der Waals surface area contributed by atoms with Gasteiger partial charge in [0.2, 0.25) is 11.8 Å². The zero-order valence-corrected chi connectivity index (χ0v) is 13.4. The van der Waals surface area contributed by atoms with Crippen LogP contribution in [0.25, 0.3) is 0 Å². The zero-order valence-electron chi connectivity index (χ0n) is 13.4. The molecule has 0 bridgehead atoms. The molecule has 1 heterocycles. The lowest BCUT2D eigenvalue weighted by molar-refractivity contribution is -0.385. The van der Waals surface area contributed by atoms with Gasteiger partial charge in [-0.15, -0.1) is 0 Å². The first kappa shape index (κ1) is 17.1. The Kier molecular flexibility index (Phi) is 4.93. The van der Waals surface area contributed by atoms with Crippen LogP contribution in [0.1, 0.15) is 25.6 Å². The Morgan fingerprint density at radius 1 is 1.21 bits per heavy atom. The van der Waals surface area contributed by atoms with Crippen LogP contribution in [-0.4, -0.2) is 26.5 Å². The second-order valence-electron chi connectivity index (χ2n) is 5.26. The molecular weight excluding hydrogens is 314 g/mol. The number of anilines is 2. The van der Waals surface area contributed by atoms with Gasteiger partial charge in [-0.1, -0.05) is 0 Å². The van der Waals surface area contributed by atoms with Crippen LogP contribution in [0.15, 0.2) is 30.5 Å². The molecule has 2 N–H and O–H groups in total. The van der Waals surface area contributed by atoms with E-state index in [0.717, 1.165) is 0 Å². The van der Waals surface area contributed by atoms with Crippen molar-refractivity contribution in [3.63, 3.8) is 0 Å². The summed E-state index contributed by atoms with van der Waals surface area (Å²) in [5.41, 5.74) is 1.28. The van der Waals surface area contributed by atoms with E-state index < -0.39 is 11.0 Å². The summed E-state index contributed by atoms with van der Waals surface area (Å²) in [6.45, 7) is 4.51. The minimum atomic E-state index is -0.715. The quantitative estimate of drug-likeness (QED) is 0.643. The maximum Gasteiger partial charge on any atom is 0.309 e. The third kappa shape index (κ3) is 3.94. The van der Waals surface area contributed by atoms with Crippen molar-refractivity contribution in [3.05, 3.63) is 46.3 Å². The molecule has 1 unspecified atom stereocenters. The van der Waals surface area contributed by atoms with E-state index in [1.54, 1.807) is 31.2 Å². The van der Waals surface area contributed by atoms with Crippen molar-refractivity contribution in [2.24, 2.45) is 0 Å². The summed E-state index contributed by atoms with van der Waals surface area (Å²) in [5.74, 6) is -0.546. The summed E-state index contributed by atoms with van der Waals surface area (Å²) in [6, 6.07) is 5.89. The van der Waals surface area contributed by atoms with Crippen LogP contribution in [-0.2, 0) is 9.59 Å². The number of aromatic nitrogens is 2. The Morgan fingerprint density at radius 2 is 1.75 bits per heavy atom. The predicted molar refractivity (Wildman–Crippen MR) is 87.7 cm³/mol. The summed E-state index contributed by atoms with van der Waals surface area (Å²) in [4.78, 5) is 33.5. The number of hydrogen-bond acceptors (Lipinski definition) is 5. The summed E-state index contributed by atoms with van der Waals surface area (Å²) in [6.07, 6.45) is 1.24. The van der Waals surface area contributed by atoms with E-state index in [1.165, 1.54) is 24.7 Å². The number of nitro groups is 1. The number of nitrogens with one attached hydrogen (secondary N) is 2. The first-order chi connectivity index (χ1) is 11.3. The standard InChI is InChI=1S/C15H17N5O4/c1-9-14(20(23)24)8-19(18-9)10(2)15(22)17-13-6-4-12(5-7-13)16-11(3)21/h4-8,10H,1-3H3,(H,16,21)(H,17,22). The fraction of sp³-hybridized carbons (Fsp3) is 0.267. The van der Waals surface area contributed by atoms with Crippen molar-refractivity contribution in [1.29, 1.82) is 0 Å². The molecule has 2 aromatic rings. The predicted octanol–water partition coefficient (Wildman–Crippen LogP) is 2.26. The molecule has 2 amide bonds. The highest BCUT2D eigenvalue weighted by Gasteiger charge is 2.22. The molecule has 0 saturated heterocycles. The molecule has 0 radical (unpaired) electrons. The number of amides is 2. The van der Waals surface area contributed by atoms with Gasteiger partial charge in [0.05, 0.1) is 4.92 Å². The number of carbonyl (C=O) groups excluding carboxylic acids is 2. The van der Waals surface area contributed by atoms with Crippen molar-refractivity contribution < 1.29 is 14.5 Å². The lowest BCUT2D eigenvalue weighted by Gasteiger charge is -2.12. The van der Waals surface area contributed by atoms with Crippen LogP contribution in [0.3, 0.4) is 0 Å². The zero-order chi connectivity index (χ0) is 17.9. The number of aryl methyl sites for hydroxylation is 1. The van der Waals surface area contributed by atoms with E-state index in [9.17, 15) is 19.7 Å². The minimum absolute atomic E-state index is 0.130. The normalized spacial score (nSPS) is 11.6. The van der Waals surface area contributed by atoms with Crippen LogP contribution < -0.4 is 10.6 Å². The average Bonchev–Trinajstić information content (AvgIpc) is 2.90. The second-order valence-corrected chi connectivity index (χ2v) is 5.26. The van der Waals surface area contributed by atoms with E-state index in [0.29, 0.717) is 11.4 Å². The van der Waals surface area contributed by atoms with E-state index in [4.69, 9.17) is 0 Å². The largest absolute Gasteiger partial charge is 0.326 e.